The summed E-state index contributed by atoms with van der Waals surface area (Å²) >= 11 is 0. The second-order valence-corrected chi connectivity index (χ2v) is 4.74. The molecule has 1 amide bonds. The third-order valence-corrected chi connectivity index (χ3v) is 3.56. The second kappa shape index (κ2) is 6.61. The number of nitrogens with one attached hydrogen (secondary N) is 1. The van der Waals surface area contributed by atoms with Gasteiger partial charge in [0.15, 0.2) is 0 Å². The van der Waals surface area contributed by atoms with Crippen LogP contribution in [-0.2, 0) is 4.79 Å². The summed E-state index contributed by atoms with van der Waals surface area (Å²) in [4.78, 5) is 14.2. The van der Waals surface area contributed by atoms with E-state index in [1.807, 2.05) is 0 Å². The van der Waals surface area contributed by atoms with Crippen molar-refractivity contribution in [3.8, 4) is 6.07 Å². The van der Waals surface area contributed by atoms with E-state index < -0.39 is 5.41 Å². The van der Waals surface area contributed by atoms with E-state index in [1.165, 1.54) is 0 Å². The minimum Gasteiger partial charge on any atom is -0.353 e. The number of nitriles is 1. The van der Waals surface area contributed by atoms with Crippen LogP contribution in [0, 0.1) is 16.7 Å². The van der Waals surface area contributed by atoms with Crippen molar-refractivity contribution in [1.29, 1.82) is 5.26 Å². The average molecular weight is 237 g/mol. The minimum atomic E-state index is -0.707. The summed E-state index contributed by atoms with van der Waals surface area (Å²) < 4.78 is 0. The lowest BCUT2D eigenvalue weighted by Gasteiger charge is -2.33. The molecular formula is C13H23N3O. The highest BCUT2D eigenvalue weighted by atomic mass is 16.2. The molecule has 0 bridgehead atoms. The smallest absolute Gasteiger partial charge is 0.240 e. The Bertz CT molecular complexity index is 292. The lowest BCUT2D eigenvalue weighted by Crippen LogP contribution is -2.46. The third kappa shape index (κ3) is 3.44. The van der Waals surface area contributed by atoms with Crippen LogP contribution in [0.15, 0.2) is 0 Å². The summed E-state index contributed by atoms with van der Waals surface area (Å²) in [5, 5.41) is 11.9. The number of hydrogen-bond donors (Lipinski definition) is 1. The first-order chi connectivity index (χ1) is 8.18. The van der Waals surface area contributed by atoms with Gasteiger partial charge in [-0.15, -0.1) is 0 Å². The van der Waals surface area contributed by atoms with Crippen LogP contribution in [-0.4, -0.2) is 37.0 Å². The molecule has 1 N–H and O–H groups in total. The number of nitrogens with zero attached hydrogens (tertiary/aromatic N) is 2. The summed E-state index contributed by atoms with van der Waals surface area (Å²) in [7, 11) is 0. The van der Waals surface area contributed by atoms with Crippen LogP contribution in [0.3, 0.4) is 0 Å². The van der Waals surface area contributed by atoms with Crippen molar-refractivity contribution in [3.05, 3.63) is 0 Å². The van der Waals surface area contributed by atoms with E-state index >= 15 is 0 Å². The van der Waals surface area contributed by atoms with Crippen LogP contribution >= 0.6 is 0 Å². The lowest BCUT2D eigenvalue weighted by atomic mass is 9.69. The Labute approximate surface area is 104 Å². The van der Waals surface area contributed by atoms with Crippen LogP contribution in [0.25, 0.3) is 0 Å². The highest BCUT2D eigenvalue weighted by Crippen LogP contribution is 2.40. The molecule has 1 aliphatic carbocycles. The van der Waals surface area contributed by atoms with Crippen molar-refractivity contribution in [2.24, 2.45) is 5.41 Å². The van der Waals surface area contributed by atoms with Crippen molar-refractivity contribution in [1.82, 2.24) is 10.2 Å². The van der Waals surface area contributed by atoms with Gasteiger partial charge in [0.05, 0.1) is 6.07 Å². The molecule has 0 aliphatic heterocycles. The highest BCUT2D eigenvalue weighted by molar-refractivity contribution is 5.86. The van der Waals surface area contributed by atoms with Gasteiger partial charge in [0.1, 0.15) is 5.41 Å². The maximum absolute atomic E-state index is 11.9. The van der Waals surface area contributed by atoms with Gasteiger partial charge in [-0.3, -0.25) is 4.79 Å². The van der Waals surface area contributed by atoms with Crippen LogP contribution in [0.1, 0.15) is 39.5 Å². The summed E-state index contributed by atoms with van der Waals surface area (Å²) in [6.07, 6.45) is 3.57. The molecule has 17 heavy (non-hydrogen) atoms. The van der Waals surface area contributed by atoms with Gasteiger partial charge in [-0.05, 0) is 38.8 Å². The molecule has 4 nitrogen and oxygen atoms in total. The molecule has 1 fully saturated rings. The van der Waals surface area contributed by atoms with Crippen LogP contribution in [0.4, 0.5) is 0 Å². The van der Waals surface area contributed by atoms with E-state index in [1.54, 1.807) is 0 Å². The van der Waals surface area contributed by atoms with Gasteiger partial charge in [0, 0.05) is 13.1 Å². The Morgan fingerprint density at radius 3 is 2.53 bits per heavy atom. The predicted octanol–water partition coefficient (Wildman–Crippen LogP) is 1.53. The van der Waals surface area contributed by atoms with Gasteiger partial charge in [0.2, 0.25) is 5.91 Å². The van der Waals surface area contributed by atoms with Crippen LogP contribution < -0.4 is 5.32 Å². The maximum Gasteiger partial charge on any atom is 0.240 e. The number of likely N-dealkylation sites (N-methyl/N-ethyl adjacent to an activating group) is 1. The highest BCUT2D eigenvalue weighted by Gasteiger charge is 2.44. The number of hydrogen-bond acceptors (Lipinski definition) is 3. The van der Waals surface area contributed by atoms with E-state index in [-0.39, 0.29) is 5.91 Å². The predicted molar refractivity (Wildman–Crippen MR) is 67.3 cm³/mol. The number of carbonyl (C=O) groups excluding carboxylic acids is 1. The molecule has 0 aromatic carbocycles. The van der Waals surface area contributed by atoms with Crippen molar-refractivity contribution in [2.45, 2.75) is 39.5 Å². The maximum atomic E-state index is 11.9. The number of rotatable bonds is 7. The van der Waals surface area contributed by atoms with Crippen molar-refractivity contribution >= 4 is 5.91 Å². The molecule has 0 aromatic heterocycles. The third-order valence-electron chi connectivity index (χ3n) is 3.56. The number of amides is 1. The minimum absolute atomic E-state index is 0.0706. The Balaban J connectivity index is 2.26. The van der Waals surface area contributed by atoms with E-state index in [4.69, 9.17) is 5.26 Å². The fraction of sp³-hybridized carbons (Fsp3) is 0.846. The molecule has 0 unspecified atom stereocenters. The van der Waals surface area contributed by atoms with Crippen molar-refractivity contribution in [2.75, 3.05) is 26.2 Å². The van der Waals surface area contributed by atoms with Crippen molar-refractivity contribution < 1.29 is 4.79 Å². The quantitative estimate of drug-likeness (QED) is 0.730. The Morgan fingerprint density at radius 2 is 2.12 bits per heavy atom. The van der Waals surface area contributed by atoms with E-state index in [0.717, 1.165) is 45.3 Å². The zero-order chi connectivity index (χ0) is 12.7. The standard InChI is InChI=1S/C13H23N3O/c1-3-9-16(4-2)10-8-15-12(17)13(11-14)6-5-7-13/h3-10H2,1-2H3,(H,15,17). The van der Waals surface area contributed by atoms with Gasteiger partial charge in [-0.1, -0.05) is 13.8 Å². The van der Waals surface area contributed by atoms with Gasteiger partial charge in [-0.25, -0.2) is 0 Å². The van der Waals surface area contributed by atoms with Gasteiger partial charge in [0.25, 0.3) is 0 Å². The first kappa shape index (κ1) is 14.0. The molecule has 0 aromatic rings. The second-order valence-electron chi connectivity index (χ2n) is 4.74. The summed E-state index contributed by atoms with van der Waals surface area (Å²) in [6.45, 7) is 7.87. The fourth-order valence-corrected chi connectivity index (χ4v) is 2.16. The SMILES string of the molecule is CCCN(CC)CCNC(=O)C1(C#N)CCC1. The normalized spacial score (nSPS) is 17.3. The zero-order valence-corrected chi connectivity index (χ0v) is 11.0. The first-order valence-electron chi connectivity index (χ1n) is 6.60. The lowest BCUT2D eigenvalue weighted by molar-refractivity contribution is -0.131. The summed E-state index contributed by atoms with van der Waals surface area (Å²) in [5.41, 5.74) is -0.707. The van der Waals surface area contributed by atoms with Crippen molar-refractivity contribution in [3.63, 3.8) is 0 Å². The van der Waals surface area contributed by atoms with E-state index in [0.29, 0.717) is 6.54 Å². The first-order valence-corrected chi connectivity index (χ1v) is 6.60. The molecule has 0 heterocycles. The molecule has 0 radical (unpaired) electrons. The molecule has 0 atom stereocenters. The Hall–Kier alpha value is -1.08. The van der Waals surface area contributed by atoms with Gasteiger partial charge >= 0.3 is 0 Å². The Morgan fingerprint density at radius 1 is 1.41 bits per heavy atom. The molecule has 0 spiro atoms. The molecule has 4 heteroatoms. The largest absolute Gasteiger partial charge is 0.353 e. The van der Waals surface area contributed by atoms with Gasteiger partial charge < -0.3 is 10.2 Å². The van der Waals surface area contributed by atoms with E-state index in [2.05, 4.69) is 30.1 Å². The average Bonchev–Trinajstić information content (AvgIpc) is 2.27. The molecule has 1 aliphatic rings. The Kier molecular flexibility index (Phi) is 5.43. The zero-order valence-electron chi connectivity index (χ0n) is 11.0. The van der Waals surface area contributed by atoms with Crippen LogP contribution in [0.2, 0.25) is 0 Å². The molecule has 1 rings (SSSR count). The summed E-state index contributed by atoms with van der Waals surface area (Å²) in [6, 6.07) is 2.17. The fourth-order valence-electron chi connectivity index (χ4n) is 2.16. The molecule has 96 valence electrons. The molecule has 1 saturated carbocycles. The summed E-state index contributed by atoms with van der Waals surface area (Å²) in [5.74, 6) is -0.0706. The van der Waals surface area contributed by atoms with Gasteiger partial charge in [-0.2, -0.15) is 5.26 Å². The molecule has 0 saturated heterocycles. The van der Waals surface area contributed by atoms with E-state index in [9.17, 15) is 4.79 Å². The monoisotopic (exact) mass is 237 g/mol. The topological polar surface area (TPSA) is 56.1 Å². The van der Waals surface area contributed by atoms with Crippen LogP contribution in [0.5, 0.6) is 0 Å². The number of carbonyl (C=O) groups is 1. The molecular weight excluding hydrogens is 214 g/mol.